The van der Waals surface area contributed by atoms with Crippen LogP contribution in [0.3, 0.4) is 0 Å². The van der Waals surface area contributed by atoms with Crippen molar-refractivity contribution in [3.8, 4) is 5.75 Å². The smallest absolute Gasteiger partial charge is 0.411 e. The normalized spacial score (nSPS) is 16.4. The molecule has 5 rings (SSSR count). The first kappa shape index (κ1) is 26.6. The molecule has 1 fully saturated rings. The van der Waals surface area contributed by atoms with Crippen LogP contribution in [-0.4, -0.2) is 36.0 Å². The van der Waals surface area contributed by atoms with Crippen molar-refractivity contribution >= 4 is 23.6 Å². The Balaban J connectivity index is 1.35. The molecule has 3 amide bonds. The van der Waals surface area contributed by atoms with Gasteiger partial charge in [-0.25, -0.2) is 4.79 Å². The van der Waals surface area contributed by atoms with Gasteiger partial charge in [0.05, 0.1) is 26.5 Å². The molecule has 4 aromatic rings. The fraction of sp³-hybridized carbons (Fsp3) is 0.194. The number of cyclic esters (lactones) is 1. The predicted molar refractivity (Wildman–Crippen MR) is 148 cm³/mol. The van der Waals surface area contributed by atoms with E-state index in [2.05, 4.69) is 10.6 Å². The summed E-state index contributed by atoms with van der Waals surface area (Å²) in [5.41, 5.74) is 3.60. The molecule has 3 aromatic carbocycles. The molecule has 0 spiro atoms. The van der Waals surface area contributed by atoms with Crippen LogP contribution in [-0.2, 0) is 22.6 Å². The molecule has 2 unspecified atom stereocenters. The van der Waals surface area contributed by atoms with Crippen LogP contribution >= 0.6 is 0 Å². The number of nitrogens with zero attached hydrogens (tertiary/aromatic N) is 1. The molecule has 0 saturated carbocycles. The van der Waals surface area contributed by atoms with Crippen molar-refractivity contribution in [2.45, 2.75) is 32.2 Å². The summed E-state index contributed by atoms with van der Waals surface area (Å²) >= 11 is 0. The molecule has 0 radical (unpaired) electrons. The number of amides is 3. The first-order chi connectivity index (χ1) is 19.4. The van der Waals surface area contributed by atoms with Crippen LogP contribution in [0, 0.1) is 6.92 Å². The number of aryl methyl sites for hydroxylation is 1. The van der Waals surface area contributed by atoms with Crippen LogP contribution in [0.4, 0.5) is 10.5 Å². The summed E-state index contributed by atoms with van der Waals surface area (Å²) in [5, 5.41) is 5.72. The second-order valence-electron chi connectivity index (χ2n) is 9.47. The largest absolute Gasteiger partial charge is 0.497 e. The highest BCUT2D eigenvalue weighted by atomic mass is 16.6. The highest BCUT2D eigenvalue weighted by Crippen LogP contribution is 2.34. The summed E-state index contributed by atoms with van der Waals surface area (Å²) in [7, 11) is 1.56. The Morgan fingerprint density at radius 1 is 0.975 bits per heavy atom. The van der Waals surface area contributed by atoms with E-state index in [9.17, 15) is 14.4 Å². The van der Waals surface area contributed by atoms with Crippen molar-refractivity contribution in [3.05, 3.63) is 119 Å². The van der Waals surface area contributed by atoms with Gasteiger partial charge in [0.25, 0.3) is 5.91 Å². The maximum Gasteiger partial charge on any atom is 0.411 e. The standard InChI is InChI=1S/C31H29N3O6/c1-20-5-3-6-21(17-20)19-34-27(30(36)32-18-26-7-4-16-39-26)28(40-31(34)37)22-8-12-24(13-9-22)33-29(35)23-10-14-25(38-2)15-11-23/h3-17,27-28H,18-19H2,1-2H3,(H,32,36)(H,33,35). The van der Waals surface area contributed by atoms with Crippen LogP contribution in [0.5, 0.6) is 5.75 Å². The van der Waals surface area contributed by atoms with E-state index in [1.807, 2.05) is 31.2 Å². The fourth-order valence-corrected chi connectivity index (χ4v) is 4.61. The van der Waals surface area contributed by atoms with Gasteiger partial charge in [-0.3, -0.25) is 14.5 Å². The monoisotopic (exact) mass is 539 g/mol. The molecule has 9 heteroatoms. The zero-order chi connectivity index (χ0) is 28.1. The lowest BCUT2D eigenvalue weighted by Gasteiger charge is -2.24. The minimum absolute atomic E-state index is 0.178. The number of nitrogens with one attached hydrogen (secondary N) is 2. The lowest BCUT2D eigenvalue weighted by Crippen LogP contribution is -2.46. The van der Waals surface area contributed by atoms with Gasteiger partial charge in [0.15, 0.2) is 12.1 Å². The Kier molecular flexibility index (Phi) is 7.82. The van der Waals surface area contributed by atoms with Crippen molar-refractivity contribution in [3.63, 3.8) is 0 Å². The van der Waals surface area contributed by atoms with E-state index in [1.54, 1.807) is 67.8 Å². The van der Waals surface area contributed by atoms with E-state index in [0.717, 1.165) is 11.1 Å². The number of anilines is 1. The minimum Gasteiger partial charge on any atom is -0.497 e. The van der Waals surface area contributed by atoms with Gasteiger partial charge < -0.3 is 24.5 Å². The first-order valence-electron chi connectivity index (χ1n) is 12.8. The Morgan fingerprint density at radius 3 is 2.42 bits per heavy atom. The van der Waals surface area contributed by atoms with Gasteiger partial charge in [0, 0.05) is 11.3 Å². The van der Waals surface area contributed by atoms with E-state index in [1.165, 1.54) is 11.2 Å². The molecule has 1 saturated heterocycles. The van der Waals surface area contributed by atoms with Crippen LogP contribution < -0.4 is 15.4 Å². The molecule has 2 heterocycles. The van der Waals surface area contributed by atoms with Gasteiger partial charge in [0.2, 0.25) is 5.91 Å². The molecule has 1 aromatic heterocycles. The van der Waals surface area contributed by atoms with Gasteiger partial charge in [-0.15, -0.1) is 0 Å². The predicted octanol–water partition coefficient (Wildman–Crippen LogP) is 5.23. The Bertz CT molecular complexity index is 1480. The van der Waals surface area contributed by atoms with Crippen LogP contribution in [0.2, 0.25) is 0 Å². The quantitative estimate of drug-likeness (QED) is 0.302. The number of carbonyl (C=O) groups excluding carboxylic acids is 3. The van der Waals surface area contributed by atoms with Crippen LogP contribution in [0.25, 0.3) is 0 Å². The molecule has 2 N–H and O–H groups in total. The maximum absolute atomic E-state index is 13.5. The lowest BCUT2D eigenvalue weighted by atomic mass is 10.00. The van der Waals surface area contributed by atoms with Crippen LogP contribution in [0.1, 0.15) is 38.9 Å². The molecule has 40 heavy (non-hydrogen) atoms. The number of hydrogen-bond acceptors (Lipinski definition) is 6. The third-order valence-corrected chi connectivity index (χ3v) is 6.66. The molecule has 9 nitrogen and oxygen atoms in total. The highest BCUT2D eigenvalue weighted by molar-refractivity contribution is 6.04. The van der Waals surface area contributed by atoms with Crippen molar-refractivity contribution in [1.82, 2.24) is 10.2 Å². The van der Waals surface area contributed by atoms with E-state index in [-0.39, 0.29) is 24.9 Å². The van der Waals surface area contributed by atoms with Crippen molar-refractivity contribution in [2.75, 3.05) is 12.4 Å². The summed E-state index contributed by atoms with van der Waals surface area (Å²) < 4.78 is 16.2. The number of carbonyl (C=O) groups is 3. The first-order valence-corrected chi connectivity index (χ1v) is 12.8. The second kappa shape index (κ2) is 11.8. The summed E-state index contributed by atoms with van der Waals surface area (Å²) in [4.78, 5) is 40.6. The Hall–Kier alpha value is -5.05. The third-order valence-electron chi connectivity index (χ3n) is 6.66. The zero-order valence-electron chi connectivity index (χ0n) is 22.1. The summed E-state index contributed by atoms with van der Waals surface area (Å²) in [5.74, 6) is 0.613. The van der Waals surface area contributed by atoms with E-state index < -0.39 is 18.2 Å². The third kappa shape index (κ3) is 5.99. The van der Waals surface area contributed by atoms with E-state index in [4.69, 9.17) is 13.9 Å². The number of methoxy groups -OCH3 is 1. The number of rotatable bonds is 9. The molecule has 0 bridgehead atoms. The van der Waals surface area contributed by atoms with Crippen molar-refractivity contribution < 1.29 is 28.3 Å². The zero-order valence-corrected chi connectivity index (χ0v) is 22.1. The average molecular weight is 540 g/mol. The minimum atomic E-state index is -0.914. The maximum atomic E-state index is 13.5. The molecule has 1 aliphatic heterocycles. The average Bonchev–Trinajstić information content (AvgIpc) is 3.60. The van der Waals surface area contributed by atoms with Gasteiger partial charge in [-0.05, 0) is 66.6 Å². The fourth-order valence-electron chi connectivity index (χ4n) is 4.61. The molecule has 1 aliphatic rings. The molecular weight excluding hydrogens is 510 g/mol. The SMILES string of the molecule is COc1ccc(C(=O)Nc2ccc(C3OC(=O)N(Cc4cccc(C)c4)C3C(=O)NCc3ccco3)cc2)cc1. The van der Waals surface area contributed by atoms with Crippen LogP contribution in [0.15, 0.2) is 95.6 Å². The Morgan fingerprint density at radius 2 is 1.75 bits per heavy atom. The summed E-state index contributed by atoms with van der Waals surface area (Å²) in [6.45, 7) is 2.36. The van der Waals surface area contributed by atoms with Gasteiger partial charge >= 0.3 is 6.09 Å². The van der Waals surface area contributed by atoms with Gasteiger partial charge in [0.1, 0.15) is 11.5 Å². The molecular formula is C31H29N3O6. The molecule has 0 aliphatic carbocycles. The number of ether oxygens (including phenoxy) is 2. The number of hydrogen-bond donors (Lipinski definition) is 2. The summed E-state index contributed by atoms with van der Waals surface area (Å²) in [6, 6.07) is 24.0. The number of benzene rings is 3. The van der Waals surface area contributed by atoms with Crippen molar-refractivity contribution in [1.29, 1.82) is 0 Å². The lowest BCUT2D eigenvalue weighted by molar-refractivity contribution is -0.126. The highest BCUT2D eigenvalue weighted by Gasteiger charge is 2.47. The Labute approximate surface area is 231 Å². The topological polar surface area (TPSA) is 110 Å². The van der Waals surface area contributed by atoms with Crippen molar-refractivity contribution in [2.24, 2.45) is 0 Å². The van der Waals surface area contributed by atoms with E-state index >= 15 is 0 Å². The summed E-state index contributed by atoms with van der Waals surface area (Å²) in [6.07, 6.45) is 0.104. The second-order valence-corrected chi connectivity index (χ2v) is 9.47. The molecule has 204 valence electrons. The van der Waals surface area contributed by atoms with Gasteiger partial charge in [-0.1, -0.05) is 42.0 Å². The molecule has 2 atom stereocenters. The van der Waals surface area contributed by atoms with E-state index in [0.29, 0.717) is 28.3 Å². The number of furan rings is 1. The van der Waals surface area contributed by atoms with Gasteiger partial charge in [-0.2, -0.15) is 0 Å².